The van der Waals surface area contributed by atoms with Gasteiger partial charge in [0.15, 0.2) is 0 Å². The van der Waals surface area contributed by atoms with E-state index in [1.54, 1.807) is 0 Å². The lowest BCUT2D eigenvalue weighted by Crippen LogP contribution is -2.42. The Bertz CT molecular complexity index is 411. The van der Waals surface area contributed by atoms with Crippen LogP contribution in [0.25, 0.3) is 0 Å². The van der Waals surface area contributed by atoms with Gasteiger partial charge >= 0.3 is 0 Å². The predicted octanol–water partition coefficient (Wildman–Crippen LogP) is 3.03. The summed E-state index contributed by atoms with van der Waals surface area (Å²) in [7, 11) is 1.81. The van der Waals surface area contributed by atoms with Crippen LogP contribution in [0.5, 0.6) is 0 Å². The van der Waals surface area contributed by atoms with Crippen molar-refractivity contribution in [2.45, 2.75) is 38.5 Å². The maximum atomic E-state index is 5.81. The van der Waals surface area contributed by atoms with Crippen LogP contribution < -0.4 is 5.73 Å². The highest BCUT2D eigenvalue weighted by Gasteiger charge is 2.25. The van der Waals surface area contributed by atoms with Gasteiger partial charge in [0, 0.05) is 36.4 Å². The average molecular weight is 313 g/mol. The highest BCUT2D eigenvalue weighted by atomic mass is 79.9. The summed E-state index contributed by atoms with van der Waals surface area (Å²) in [6, 6.07) is 6.76. The summed E-state index contributed by atoms with van der Waals surface area (Å²) in [5.74, 6) is 0. The van der Waals surface area contributed by atoms with Crippen molar-refractivity contribution in [3.8, 4) is 0 Å². The second-order valence-electron chi connectivity index (χ2n) is 5.06. The number of hydrogen-bond donors (Lipinski definition) is 1. The lowest BCUT2D eigenvalue weighted by Gasteiger charge is -2.37. The zero-order chi connectivity index (χ0) is 13.1. The van der Waals surface area contributed by atoms with Crippen LogP contribution in [0.1, 0.15) is 25.3 Å². The molecule has 0 bridgehead atoms. The molecule has 1 aliphatic rings. The minimum Gasteiger partial charge on any atom is -0.398 e. The molecular weight excluding hydrogens is 292 g/mol. The number of likely N-dealkylation sites (tertiary alicyclic amines) is 1. The first-order chi connectivity index (χ1) is 8.60. The fourth-order valence-corrected chi connectivity index (χ4v) is 2.96. The molecule has 1 fully saturated rings. The molecule has 2 rings (SSSR count). The largest absolute Gasteiger partial charge is 0.398 e. The average Bonchev–Trinajstić information content (AvgIpc) is 2.36. The standard InChI is InChI=1S/C14H21BrN2O/c1-10-7-12(18-2)5-6-17(10)9-11-3-4-14(16)13(15)8-11/h3-4,8,10,12H,5-7,9,16H2,1-2H3. The molecule has 2 atom stereocenters. The van der Waals surface area contributed by atoms with Crippen LogP contribution in [0, 0.1) is 0 Å². The number of rotatable bonds is 3. The number of hydrogen-bond acceptors (Lipinski definition) is 3. The summed E-state index contributed by atoms with van der Waals surface area (Å²) < 4.78 is 6.43. The van der Waals surface area contributed by atoms with Gasteiger partial charge in [-0.25, -0.2) is 0 Å². The van der Waals surface area contributed by atoms with E-state index in [1.165, 1.54) is 5.56 Å². The zero-order valence-electron chi connectivity index (χ0n) is 11.0. The second-order valence-corrected chi connectivity index (χ2v) is 5.91. The topological polar surface area (TPSA) is 38.5 Å². The van der Waals surface area contributed by atoms with Crippen molar-refractivity contribution < 1.29 is 4.74 Å². The molecule has 1 saturated heterocycles. The molecule has 4 heteroatoms. The van der Waals surface area contributed by atoms with Crippen molar-refractivity contribution in [2.24, 2.45) is 0 Å². The molecule has 0 aromatic heterocycles. The molecule has 100 valence electrons. The number of ether oxygens (including phenoxy) is 1. The minimum atomic E-state index is 0.425. The summed E-state index contributed by atoms with van der Waals surface area (Å²) in [5, 5.41) is 0. The summed E-state index contributed by atoms with van der Waals surface area (Å²) in [6.07, 6.45) is 2.67. The van der Waals surface area contributed by atoms with Crippen LogP contribution >= 0.6 is 15.9 Å². The molecule has 1 aromatic rings. The van der Waals surface area contributed by atoms with Crippen molar-refractivity contribution in [1.29, 1.82) is 0 Å². The first kappa shape index (κ1) is 13.8. The fourth-order valence-electron chi connectivity index (χ4n) is 2.53. The first-order valence-corrected chi connectivity index (χ1v) is 7.20. The quantitative estimate of drug-likeness (QED) is 0.872. The van der Waals surface area contributed by atoms with Crippen molar-refractivity contribution in [3.05, 3.63) is 28.2 Å². The van der Waals surface area contributed by atoms with Crippen molar-refractivity contribution >= 4 is 21.6 Å². The number of halogens is 1. The molecule has 1 heterocycles. The number of anilines is 1. The van der Waals surface area contributed by atoms with Crippen LogP contribution in [-0.2, 0) is 11.3 Å². The van der Waals surface area contributed by atoms with Crippen LogP contribution in [0.3, 0.4) is 0 Å². The lowest BCUT2D eigenvalue weighted by atomic mass is 10.00. The molecule has 0 radical (unpaired) electrons. The van der Waals surface area contributed by atoms with Crippen LogP contribution in [0.2, 0.25) is 0 Å². The van der Waals surface area contributed by atoms with Gasteiger partial charge in [0.05, 0.1) is 6.10 Å². The van der Waals surface area contributed by atoms with Gasteiger partial charge in [0.25, 0.3) is 0 Å². The highest BCUT2D eigenvalue weighted by molar-refractivity contribution is 9.10. The van der Waals surface area contributed by atoms with E-state index < -0.39 is 0 Å². The van der Waals surface area contributed by atoms with E-state index >= 15 is 0 Å². The van der Waals surface area contributed by atoms with Gasteiger partial charge in [-0.1, -0.05) is 6.07 Å². The van der Waals surface area contributed by atoms with Gasteiger partial charge in [-0.2, -0.15) is 0 Å². The third-order valence-electron chi connectivity index (χ3n) is 3.75. The molecule has 1 aliphatic heterocycles. The predicted molar refractivity (Wildman–Crippen MR) is 78.5 cm³/mol. The minimum absolute atomic E-state index is 0.425. The third kappa shape index (κ3) is 3.25. The van der Waals surface area contributed by atoms with E-state index in [2.05, 4.69) is 39.9 Å². The van der Waals surface area contributed by atoms with Crippen molar-refractivity contribution in [3.63, 3.8) is 0 Å². The Morgan fingerprint density at radius 3 is 2.89 bits per heavy atom. The summed E-state index contributed by atoms with van der Waals surface area (Å²) in [6.45, 7) is 4.36. The molecule has 18 heavy (non-hydrogen) atoms. The smallest absolute Gasteiger partial charge is 0.0598 e. The molecule has 1 aromatic carbocycles. The van der Waals surface area contributed by atoms with Crippen molar-refractivity contribution in [1.82, 2.24) is 4.90 Å². The monoisotopic (exact) mass is 312 g/mol. The van der Waals surface area contributed by atoms with Crippen molar-refractivity contribution in [2.75, 3.05) is 19.4 Å². The fraction of sp³-hybridized carbons (Fsp3) is 0.571. The number of nitrogens with two attached hydrogens (primary N) is 1. The first-order valence-electron chi connectivity index (χ1n) is 6.41. The number of nitrogens with zero attached hydrogens (tertiary/aromatic N) is 1. The number of benzene rings is 1. The maximum Gasteiger partial charge on any atom is 0.0598 e. The molecule has 0 aliphatic carbocycles. The molecular formula is C14H21BrN2O. The second kappa shape index (κ2) is 6.04. The molecule has 0 amide bonds. The van der Waals surface area contributed by atoms with Crippen LogP contribution in [-0.4, -0.2) is 30.7 Å². The van der Waals surface area contributed by atoms with Gasteiger partial charge in [0.2, 0.25) is 0 Å². The Morgan fingerprint density at radius 2 is 2.28 bits per heavy atom. The van der Waals surface area contributed by atoms with Gasteiger partial charge in [-0.3, -0.25) is 4.90 Å². The summed E-state index contributed by atoms with van der Waals surface area (Å²) >= 11 is 3.48. The summed E-state index contributed by atoms with van der Waals surface area (Å²) in [4.78, 5) is 2.51. The van der Waals surface area contributed by atoms with Gasteiger partial charge < -0.3 is 10.5 Å². The lowest BCUT2D eigenvalue weighted by molar-refractivity contribution is 0.0130. The van der Waals surface area contributed by atoms with E-state index in [1.807, 2.05) is 13.2 Å². The SMILES string of the molecule is COC1CCN(Cc2ccc(N)c(Br)c2)C(C)C1. The molecule has 2 unspecified atom stereocenters. The Balaban J connectivity index is 1.99. The van der Waals surface area contributed by atoms with Gasteiger partial charge in [0.1, 0.15) is 0 Å². The van der Waals surface area contributed by atoms with E-state index in [-0.39, 0.29) is 0 Å². The Labute approximate surface area is 117 Å². The van der Waals surface area contributed by atoms with Gasteiger partial charge in [-0.05, 0) is 53.4 Å². The normalized spacial score (nSPS) is 25.3. The third-order valence-corrected chi connectivity index (χ3v) is 4.44. The van der Waals surface area contributed by atoms with Crippen LogP contribution in [0.4, 0.5) is 5.69 Å². The molecule has 3 nitrogen and oxygen atoms in total. The molecule has 0 spiro atoms. The number of piperidine rings is 1. The molecule has 0 saturated carbocycles. The zero-order valence-corrected chi connectivity index (χ0v) is 12.6. The van der Waals surface area contributed by atoms with E-state index in [4.69, 9.17) is 10.5 Å². The summed E-state index contributed by atoms with van der Waals surface area (Å²) in [5.41, 5.74) is 7.91. The number of nitrogen functional groups attached to an aromatic ring is 1. The van der Waals surface area contributed by atoms with Gasteiger partial charge in [-0.15, -0.1) is 0 Å². The van der Waals surface area contributed by atoms with E-state index in [0.29, 0.717) is 12.1 Å². The molecule has 2 N–H and O–H groups in total. The van der Waals surface area contributed by atoms with E-state index in [0.717, 1.165) is 36.1 Å². The van der Waals surface area contributed by atoms with Crippen LogP contribution in [0.15, 0.2) is 22.7 Å². The Kier molecular flexibility index (Phi) is 4.65. The number of methoxy groups -OCH3 is 1. The maximum absolute atomic E-state index is 5.81. The Hall–Kier alpha value is -0.580. The Morgan fingerprint density at radius 1 is 1.50 bits per heavy atom. The van der Waals surface area contributed by atoms with E-state index in [9.17, 15) is 0 Å². The highest BCUT2D eigenvalue weighted by Crippen LogP contribution is 2.24.